The van der Waals surface area contributed by atoms with E-state index in [0.29, 0.717) is 12.0 Å². The Kier molecular flexibility index (Phi) is 6.35. The molecular weight excluding hydrogens is 367 g/mol. The lowest BCUT2D eigenvalue weighted by Gasteiger charge is -2.35. The molecule has 3 rings (SSSR count). The van der Waals surface area contributed by atoms with E-state index in [0.717, 1.165) is 38.9 Å². The first kappa shape index (κ1) is 16.3. The summed E-state index contributed by atoms with van der Waals surface area (Å²) in [5.74, 6) is 0.713. The number of nitrogens with zero attached hydrogens (tertiary/aromatic N) is 3. The van der Waals surface area contributed by atoms with Crippen LogP contribution in [0.25, 0.3) is 0 Å². The van der Waals surface area contributed by atoms with Crippen LogP contribution in [0.5, 0.6) is 0 Å². The molecule has 0 spiro atoms. The molecular formula is C14H27IN4O. The summed E-state index contributed by atoms with van der Waals surface area (Å²) in [6.07, 6.45) is 6.77. The van der Waals surface area contributed by atoms with Crippen molar-refractivity contribution in [3.63, 3.8) is 0 Å². The molecule has 3 fully saturated rings. The number of hydrogen-bond donors (Lipinski definition) is 1. The Morgan fingerprint density at radius 1 is 1.10 bits per heavy atom. The molecule has 5 nitrogen and oxygen atoms in total. The van der Waals surface area contributed by atoms with E-state index in [1.54, 1.807) is 0 Å². The molecule has 116 valence electrons. The van der Waals surface area contributed by atoms with Crippen LogP contribution in [-0.4, -0.2) is 67.2 Å². The molecule has 0 aromatic carbocycles. The van der Waals surface area contributed by atoms with E-state index < -0.39 is 0 Å². The number of piperidine rings is 1. The number of ether oxygens (including phenoxy) is 1. The predicted molar refractivity (Wildman–Crippen MR) is 91.7 cm³/mol. The highest BCUT2D eigenvalue weighted by atomic mass is 127. The fourth-order valence-electron chi connectivity index (χ4n) is 3.20. The van der Waals surface area contributed by atoms with Gasteiger partial charge in [0, 0.05) is 25.2 Å². The maximum atomic E-state index is 6.10. The summed E-state index contributed by atoms with van der Waals surface area (Å²) < 4.78 is 5.34. The van der Waals surface area contributed by atoms with Gasteiger partial charge in [0.1, 0.15) is 0 Å². The number of aliphatic imine (C=N–C) groups is 1. The predicted octanol–water partition coefficient (Wildman–Crippen LogP) is 1.27. The lowest BCUT2D eigenvalue weighted by Crippen LogP contribution is -2.46. The quantitative estimate of drug-likeness (QED) is 0.445. The van der Waals surface area contributed by atoms with E-state index in [-0.39, 0.29) is 24.0 Å². The highest BCUT2D eigenvalue weighted by Gasteiger charge is 2.35. The molecule has 0 radical (unpaired) electrons. The van der Waals surface area contributed by atoms with Crippen molar-refractivity contribution < 1.29 is 4.74 Å². The second-order valence-electron chi connectivity index (χ2n) is 5.92. The van der Waals surface area contributed by atoms with Crippen LogP contribution in [0.3, 0.4) is 0 Å². The van der Waals surface area contributed by atoms with Gasteiger partial charge in [0.2, 0.25) is 0 Å². The Labute approximate surface area is 138 Å². The molecule has 2 aliphatic heterocycles. The third-order valence-electron chi connectivity index (χ3n) is 4.49. The van der Waals surface area contributed by atoms with Crippen LogP contribution < -0.4 is 5.73 Å². The van der Waals surface area contributed by atoms with E-state index in [9.17, 15) is 0 Å². The normalized spacial score (nSPS) is 29.1. The third-order valence-corrected chi connectivity index (χ3v) is 4.49. The highest BCUT2D eigenvalue weighted by molar-refractivity contribution is 14.0. The van der Waals surface area contributed by atoms with Crippen molar-refractivity contribution in [3.05, 3.63) is 0 Å². The Morgan fingerprint density at radius 2 is 1.85 bits per heavy atom. The zero-order chi connectivity index (χ0) is 13.1. The van der Waals surface area contributed by atoms with Gasteiger partial charge in [0.05, 0.1) is 19.8 Å². The minimum Gasteiger partial charge on any atom is -0.378 e. The first-order valence-corrected chi connectivity index (χ1v) is 7.73. The molecule has 1 unspecified atom stereocenters. The molecule has 3 aliphatic rings. The van der Waals surface area contributed by atoms with Crippen molar-refractivity contribution in [1.29, 1.82) is 0 Å². The van der Waals surface area contributed by atoms with Crippen LogP contribution in [0.15, 0.2) is 4.99 Å². The summed E-state index contributed by atoms with van der Waals surface area (Å²) in [6, 6.07) is 1.48. The second-order valence-corrected chi connectivity index (χ2v) is 5.92. The molecule has 20 heavy (non-hydrogen) atoms. The van der Waals surface area contributed by atoms with E-state index in [4.69, 9.17) is 10.5 Å². The molecule has 1 atom stereocenters. The van der Waals surface area contributed by atoms with Gasteiger partial charge < -0.3 is 15.4 Å². The zero-order valence-corrected chi connectivity index (χ0v) is 14.5. The van der Waals surface area contributed by atoms with Gasteiger partial charge in [0.15, 0.2) is 5.96 Å². The van der Waals surface area contributed by atoms with Crippen LogP contribution in [0.4, 0.5) is 0 Å². The summed E-state index contributed by atoms with van der Waals surface area (Å²) >= 11 is 0. The van der Waals surface area contributed by atoms with Gasteiger partial charge in [-0.05, 0) is 32.2 Å². The third kappa shape index (κ3) is 4.21. The number of morpholine rings is 1. The summed E-state index contributed by atoms with van der Waals surface area (Å²) in [5, 5.41) is 0. The highest BCUT2D eigenvalue weighted by Crippen LogP contribution is 2.32. The Morgan fingerprint density at radius 3 is 2.55 bits per heavy atom. The van der Waals surface area contributed by atoms with Gasteiger partial charge in [-0.15, -0.1) is 24.0 Å². The minimum absolute atomic E-state index is 0. The molecule has 6 heteroatoms. The molecule has 0 aromatic heterocycles. The van der Waals surface area contributed by atoms with Gasteiger partial charge in [-0.3, -0.25) is 9.89 Å². The van der Waals surface area contributed by atoms with Crippen LogP contribution in [0.2, 0.25) is 0 Å². The van der Waals surface area contributed by atoms with Crippen LogP contribution >= 0.6 is 24.0 Å². The Bertz CT molecular complexity index is 329. The van der Waals surface area contributed by atoms with Gasteiger partial charge in [0.25, 0.3) is 0 Å². The molecule has 0 amide bonds. The first-order chi connectivity index (χ1) is 9.34. The van der Waals surface area contributed by atoms with Crippen LogP contribution in [0, 0.1) is 0 Å². The van der Waals surface area contributed by atoms with Crippen molar-refractivity contribution in [3.8, 4) is 0 Å². The Hall–Kier alpha value is -0.0800. The lowest BCUT2D eigenvalue weighted by molar-refractivity contribution is 0.0672. The second kappa shape index (κ2) is 7.79. The van der Waals surface area contributed by atoms with Crippen molar-refractivity contribution in [2.75, 3.05) is 39.4 Å². The maximum Gasteiger partial charge on any atom is 0.191 e. The van der Waals surface area contributed by atoms with Crippen LogP contribution in [0.1, 0.15) is 32.1 Å². The molecule has 0 bridgehead atoms. The number of likely N-dealkylation sites (tertiary alicyclic amines) is 1. The summed E-state index contributed by atoms with van der Waals surface area (Å²) in [7, 11) is 0. The molecule has 2 heterocycles. The minimum atomic E-state index is 0. The SMILES string of the molecule is I.NC(=NCC1CCCCN1C1CC1)N1CCOCC1. The molecule has 1 saturated carbocycles. The molecule has 1 aliphatic carbocycles. The first-order valence-electron chi connectivity index (χ1n) is 7.73. The monoisotopic (exact) mass is 394 g/mol. The number of guanidine groups is 1. The van der Waals surface area contributed by atoms with Gasteiger partial charge in [-0.1, -0.05) is 6.42 Å². The number of rotatable bonds is 3. The average Bonchev–Trinajstić information content (AvgIpc) is 3.30. The molecule has 0 aromatic rings. The van der Waals surface area contributed by atoms with E-state index in [1.807, 2.05) is 0 Å². The summed E-state index contributed by atoms with van der Waals surface area (Å²) in [4.78, 5) is 9.48. The Balaban J connectivity index is 0.00000147. The van der Waals surface area contributed by atoms with Crippen LogP contribution in [-0.2, 0) is 4.74 Å². The fourth-order valence-corrected chi connectivity index (χ4v) is 3.20. The summed E-state index contributed by atoms with van der Waals surface area (Å²) in [6.45, 7) is 5.45. The number of nitrogens with two attached hydrogens (primary N) is 1. The summed E-state index contributed by atoms with van der Waals surface area (Å²) in [5.41, 5.74) is 6.10. The molecule has 2 N–H and O–H groups in total. The standard InChI is InChI=1S/C14H26N4O.HI/c15-14(17-7-9-19-10-8-17)16-11-13-3-1-2-6-18(13)12-4-5-12;/h12-13H,1-11H2,(H2,15,16);1H. The number of hydrogen-bond acceptors (Lipinski definition) is 3. The van der Waals surface area contributed by atoms with Crippen molar-refractivity contribution >= 4 is 29.9 Å². The fraction of sp³-hybridized carbons (Fsp3) is 0.929. The topological polar surface area (TPSA) is 54.1 Å². The number of halogens is 1. The van der Waals surface area contributed by atoms with E-state index in [2.05, 4.69) is 14.8 Å². The van der Waals surface area contributed by atoms with Gasteiger partial charge in [-0.2, -0.15) is 0 Å². The van der Waals surface area contributed by atoms with Gasteiger partial charge >= 0.3 is 0 Å². The van der Waals surface area contributed by atoms with Gasteiger partial charge in [-0.25, -0.2) is 0 Å². The maximum absolute atomic E-state index is 6.10. The smallest absolute Gasteiger partial charge is 0.191 e. The van der Waals surface area contributed by atoms with Crippen molar-refractivity contribution in [2.45, 2.75) is 44.2 Å². The largest absolute Gasteiger partial charge is 0.378 e. The average molecular weight is 394 g/mol. The molecule has 2 saturated heterocycles. The van der Waals surface area contributed by atoms with Crippen molar-refractivity contribution in [1.82, 2.24) is 9.80 Å². The zero-order valence-electron chi connectivity index (χ0n) is 12.2. The lowest BCUT2D eigenvalue weighted by atomic mass is 10.0. The van der Waals surface area contributed by atoms with E-state index in [1.165, 1.54) is 38.6 Å². The van der Waals surface area contributed by atoms with E-state index >= 15 is 0 Å². The van der Waals surface area contributed by atoms with Crippen molar-refractivity contribution in [2.24, 2.45) is 10.7 Å².